The Balaban J connectivity index is 2.12. The second-order valence-electron chi connectivity index (χ2n) is 4.95. The molecule has 0 radical (unpaired) electrons. The van der Waals surface area contributed by atoms with Gasteiger partial charge in [0.25, 0.3) is 0 Å². The minimum Gasteiger partial charge on any atom is -0.339 e. The molecule has 0 saturated heterocycles. The molecule has 1 aromatic rings. The van der Waals surface area contributed by atoms with Gasteiger partial charge in [0, 0.05) is 30.9 Å². The van der Waals surface area contributed by atoms with Crippen LogP contribution in [0.5, 0.6) is 0 Å². The third-order valence-corrected chi connectivity index (χ3v) is 3.68. The number of fused-ring (bicyclic) bond motifs is 1. The molecule has 0 spiro atoms. The summed E-state index contributed by atoms with van der Waals surface area (Å²) in [5.41, 5.74) is 2.54. The van der Waals surface area contributed by atoms with Crippen LogP contribution in [0.25, 0.3) is 0 Å². The van der Waals surface area contributed by atoms with Crippen LogP contribution in [0.4, 0.5) is 0 Å². The fourth-order valence-corrected chi connectivity index (χ4v) is 2.76. The Morgan fingerprint density at radius 3 is 3.06 bits per heavy atom. The minimum absolute atomic E-state index is 0.286. The highest BCUT2D eigenvalue weighted by Gasteiger charge is 2.26. The Bertz CT molecular complexity index is 417. The number of nitrogens with zero attached hydrogens (tertiary/aromatic N) is 2. The molecule has 18 heavy (non-hydrogen) atoms. The van der Waals surface area contributed by atoms with Crippen LogP contribution in [0, 0.1) is 0 Å². The van der Waals surface area contributed by atoms with Gasteiger partial charge in [-0.15, -0.1) is 0 Å². The lowest BCUT2D eigenvalue weighted by molar-refractivity contribution is -0.133. The highest BCUT2D eigenvalue weighted by molar-refractivity contribution is 5.76. The van der Waals surface area contributed by atoms with E-state index in [4.69, 9.17) is 0 Å². The predicted molar refractivity (Wildman–Crippen MR) is 72.3 cm³/mol. The molecule has 1 aromatic heterocycles. The number of carbonyl (C=O) groups excluding carboxylic acids is 1. The SMILES string of the molecule is CCCN(C(=O)CC)[C@H]1CCc2ncccc2C1. The molecule has 0 N–H and O–H groups in total. The molecule has 98 valence electrons. The lowest BCUT2D eigenvalue weighted by Crippen LogP contribution is -2.43. The Morgan fingerprint density at radius 2 is 2.33 bits per heavy atom. The topological polar surface area (TPSA) is 33.2 Å². The van der Waals surface area contributed by atoms with E-state index in [2.05, 4.69) is 22.9 Å². The monoisotopic (exact) mass is 246 g/mol. The van der Waals surface area contributed by atoms with Crippen molar-refractivity contribution in [2.24, 2.45) is 0 Å². The maximum Gasteiger partial charge on any atom is 0.222 e. The van der Waals surface area contributed by atoms with Crippen molar-refractivity contribution < 1.29 is 4.79 Å². The smallest absolute Gasteiger partial charge is 0.222 e. The summed E-state index contributed by atoms with van der Waals surface area (Å²) >= 11 is 0. The molecule has 0 aliphatic heterocycles. The van der Waals surface area contributed by atoms with Crippen LogP contribution in [0.1, 0.15) is 44.4 Å². The van der Waals surface area contributed by atoms with Crippen LogP contribution in [-0.2, 0) is 17.6 Å². The quantitative estimate of drug-likeness (QED) is 0.818. The summed E-state index contributed by atoms with van der Waals surface area (Å²) < 4.78 is 0. The van der Waals surface area contributed by atoms with Gasteiger partial charge in [-0.05, 0) is 37.3 Å². The largest absolute Gasteiger partial charge is 0.339 e. The fourth-order valence-electron chi connectivity index (χ4n) is 2.76. The molecule has 1 atom stereocenters. The fraction of sp³-hybridized carbons (Fsp3) is 0.600. The Kier molecular flexibility index (Phi) is 4.34. The zero-order chi connectivity index (χ0) is 13.0. The summed E-state index contributed by atoms with van der Waals surface area (Å²) in [6.07, 6.45) is 6.52. The molecule has 3 heteroatoms. The molecular formula is C15H22N2O. The van der Waals surface area contributed by atoms with Crippen molar-refractivity contribution in [2.75, 3.05) is 6.54 Å². The predicted octanol–water partition coefficient (Wildman–Crippen LogP) is 2.59. The van der Waals surface area contributed by atoms with E-state index >= 15 is 0 Å². The molecular weight excluding hydrogens is 224 g/mol. The molecule has 0 unspecified atom stereocenters. The zero-order valence-corrected chi connectivity index (χ0v) is 11.4. The van der Waals surface area contributed by atoms with Crippen molar-refractivity contribution in [2.45, 2.75) is 52.0 Å². The van der Waals surface area contributed by atoms with E-state index in [1.807, 2.05) is 19.2 Å². The van der Waals surface area contributed by atoms with Crippen molar-refractivity contribution >= 4 is 5.91 Å². The second kappa shape index (κ2) is 5.98. The number of rotatable bonds is 4. The van der Waals surface area contributed by atoms with Gasteiger partial charge in [0.05, 0.1) is 0 Å². The Labute approximate surface area is 109 Å². The molecule has 1 aliphatic carbocycles. The number of aromatic nitrogens is 1. The van der Waals surface area contributed by atoms with Gasteiger partial charge in [-0.1, -0.05) is 19.9 Å². The number of pyridine rings is 1. The average Bonchev–Trinajstić information content (AvgIpc) is 2.43. The van der Waals surface area contributed by atoms with E-state index in [9.17, 15) is 4.79 Å². The summed E-state index contributed by atoms with van der Waals surface area (Å²) in [5.74, 6) is 0.286. The van der Waals surface area contributed by atoms with E-state index in [0.29, 0.717) is 12.5 Å². The first-order chi connectivity index (χ1) is 8.76. The van der Waals surface area contributed by atoms with Gasteiger partial charge in [0.2, 0.25) is 5.91 Å². The normalized spacial score (nSPS) is 18.2. The van der Waals surface area contributed by atoms with Crippen molar-refractivity contribution in [3.05, 3.63) is 29.6 Å². The van der Waals surface area contributed by atoms with Crippen LogP contribution in [0.2, 0.25) is 0 Å². The number of carbonyl (C=O) groups is 1. The van der Waals surface area contributed by atoms with Crippen molar-refractivity contribution in [1.29, 1.82) is 0 Å². The highest BCUT2D eigenvalue weighted by Crippen LogP contribution is 2.23. The number of aryl methyl sites for hydroxylation is 1. The van der Waals surface area contributed by atoms with Gasteiger partial charge in [-0.2, -0.15) is 0 Å². The van der Waals surface area contributed by atoms with Gasteiger partial charge < -0.3 is 4.90 Å². The third-order valence-electron chi connectivity index (χ3n) is 3.68. The molecule has 0 saturated carbocycles. The van der Waals surface area contributed by atoms with Crippen LogP contribution in [0.3, 0.4) is 0 Å². The Hall–Kier alpha value is -1.38. The highest BCUT2D eigenvalue weighted by atomic mass is 16.2. The lowest BCUT2D eigenvalue weighted by Gasteiger charge is -2.34. The lowest BCUT2D eigenvalue weighted by atomic mass is 9.90. The molecule has 1 aliphatic rings. The van der Waals surface area contributed by atoms with E-state index in [1.165, 1.54) is 11.3 Å². The van der Waals surface area contributed by atoms with E-state index in [-0.39, 0.29) is 5.91 Å². The van der Waals surface area contributed by atoms with Crippen LogP contribution >= 0.6 is 0 Å². The van der Waals surface area contributed by atoms with Gasteiger partial charge in [-0.3, -0.25) is 9.78 Å². The van der Waals surface area contributed by atoms with Crippen LogP contribution in [-0.4, -0.2) is 28.4 Å². The average molecular weight is 246 g/mol. The van der Waals surface area contributed by atoms with Gasteiger partial charge >= 0.3 is 0 Å². The second-order valence-corrected chi connectivity index (χ2v) is 4.95. The molecule has 1 heterocycles. The van der Waals surface area contributed by atoms with E-state index < -0.39 is 0 Å². The van der Waals surface area contributed by atoms with E-state index in [0.717, 1.165) is 32.2 Å². The van der Waals surface area contributed by atoms with Crippen molar-refractivity contribution in [3.8, 4) is 0 Å². The molecule has 1 amide bonds. The van der Waals surface area contributed by atoms with Crippen molar-refractivity contribution in [1.82, 2.24) is 9.88 Å². The molecule has 3 nitrogen and oxygen atoms in total. The first kappa shape index (κ1) is 13.1. The Morgan fingerprint density at radius 1 is 1.50 bits per heavy atom. The van der Waals surface area contributed by atoms with Gasteiger partial charge in [0.1, 0.15) is 0 Å². The summed E-state index contributed by atoms with van der Waals surface area (Å²) in [6.45, 7) is 4.96. The summed E-state index contributed by atoms with van der Waals surface area (Å²) in [4.78, 5) is 18.5. The summed E-state index contributed by atoms with van der Waals surface area (Å²) in [5, 5.41) is 0. The van der Waals surface area contributed by atoms with Crippen LogP contribution < -0.4 is 0 Å². The maximum atomic E-state index is 12.0. The van der Waals surface area contributed by atoms with Crippen LogP contribution in [0.15, 0.2) is 18.3 Å². The van der Waals surface area contributed by atoms with Gasteiger partial charge in [0.15, 0.2) is 0 Å². The van der Waals surface area contributed by atoms with E-state index in [1.54, 1.807) is 0 Å². The molecule has 0 aromatic carbocycles. The first-order valence-electron chi connectivity index (χ1n) is 6.98. The number of hydrogen-bond donors (Lipinski definition) is 0. The third kappa shape index (κ3) is 2.71. The van der Waals surface area contributed by atoms with Crippen molar-refractivity contribution in [3.63, 3.8) is 0 Å². The zero-order valence-electron chi connectivity index (χ0n) is 11.4. The summed E-state index contributed by atoms with van der Waals surface area (Å²) in [7, 11) is 0. The number of amides is 1. The molecule has 0 fully saturated rings. The molecule has 0 bridgehead atoms. The minimum atomic E-state index is 0.286. The maximum absolute atomic E-state index is 12.0. The van der Waals surface area contributed by atoms with Gasteiger partial charge in [-0.25, -0.2) is 0 Å². The molecule has 2 rings (SSSR count). The number of hydrogen-bond acceptors (Lipinski definition) is 2. The standard InChI is InChI=1S/C15H22N2O/c1-3-10-17(15(18)4-2)13-7-8-14-12(11-13)6-5-9-16-14/h5-6,9,13H,3-4,7-8,10-11H2,1-2H3/t13-/m0/s1. The first-order valence-corrected chi connectivity index (χ1v) is 6.98. The summed E-state index contributed by atoms with van der Waals surface area (Å²) in [6, 6.07) is 4.51.